The van der Waals surface area contributed by atoms with Crippen molar-refractivity contribution in [3.05, 3.63) is 48.0 Å². The number of rotatable bonds is 8. The zero-order valence-corrected chi connectivity index (χ0v) is 18.3. The van der Waals surface area contributed by atoms with Crippen molar-refractivity contribution in [2.45, 2.75) is 36.5 Å². The Kier molecular flexibility index (Phi) is 6.74. The molecular formula is C19H26N2O5S2. The number of anilines is 1. The van der Waals surface area contributed by atoms with E-state index in [0.29, 0.717) is 0 Å². The summed E-state index contributed by atoms with van der Waals surface area (Å²) in [6, 6.07) is 10.8. The number of sulfonamides is 2. The van der Waals surface area contributed by atoms with Crippen LogP contribution in [0.2, 0.25) is 0 Å². The molecule has 0 atom stereocenters. The fourth-order valence-electron chi connectivity index (χ4n) is 2.49. The molecule has 0 fully saturated rings. The number of hydrogen-bond donors (Lipinski definition) is 1. The maximum absolute atomic E-state index is 12.7. The molecule has 0 heterocycles. The van der Waals surface area contributed by atoms with Gasteiger partial charge in [-0.25, -0.2) is 21.1 Å². The first-order chi connectivity index (χ1) is 13.0. The van der Waals surface area contributed by atoms with E-state index in [1.54, 1.807) is 19.1 Å². The van der Waals surface area contributed by atoms with Gasteiger partial charge in [-0.05, 0) is 48.7 Å². The van der Waals surface area contributed by atoms with Crippen LogP contribution >= 0.6 is 0 Å². The van der Waals surface area contributed by atoms with E-state index in [4.69, 9.17) is 4.74 Å². The van der Waals surface area contributed by atoms with Crippen molar-refractivity contribution >= 4 is 25.7 Å². The predicted molar refractivity (Wildman–Crippen MR) is 110 cm³/mol. The van der Waals surface area contributed by atoms with Crippen molar-refractivity contribution in [1.82, 2.24) is 4.31 Å². The largest absolute Gasteiger partial charge is 0.492 e. The van der Waals surface area contributed by atoms with Gasteiger partial charge < -0.3 is 4.74 Å². The van der Waals surface area contributed by atoms with Crippen LogP contribution in [0.25, 0.3) is 0 Å². The van der Waals surface area contributed by atoms with Gasteiger partial charge in [0.05, 0.1) is 17.2 Å². The zero-order valence-electron chi connectivity index (χ0n) is 16.6. The van der Waals surface area contributed by atoms with Gasteiger partial charge in [0.25, 0.3) is 10.0 Å². The molecule has 0 radical (unpaired) electrons. The van der Waals surface area contributed by atoms with E-state index in [1.165, 1.54) is 44.4 Å². The highest BCUT2D eigenvalue weighted by Gasteiger charge is 2.24. The molecule has 0 amide bonds. The molecule has 154 valence electrons. The van der Waals surface area contributed by atoms with Gasteiger partial charge in [0.1, 0.15) is 10.6 Å². The van der Waals surface area contributed by atoms with Crippen LogP contribution < -0.4 is 9.46 Å². The maximum Gasteiger partial charge on any atom is 0.261 e. The second-order valence-corrected chi connectivity index (χ2v) is 10.5. The minimum Gasteiger partial charge on any atom is -0.492 e. The first kappa shape index (κ1) is 22.2. The third-order valence-corrected chi connectivity index (χ3v) is 7.34. The lowest BCUT2D eigenvalue weighted by atomic mass is 10.0. The molecule has 0 aliphatic heterocycles. The Morgan fingerprint density at radius 3 is 2.11 bits per heavy atom. The van der Waals surface area contributed by atoms with Crippen LogP contribution in [0.4, 0.5) is 5.69 Å². The molecule has 0 bridgehead atoms. The van der Waals surface area contributed by atoms with Gasteiger partial charge in [-0.15, -0.1) is 0 Å². The lowest BCUT2D eigenvalue weighted by Crippen LogP contribution is -2.23. The second kappa shape index (κ2) is 8.50. The molecule has 0 unspecified atom stereocenters. The van der Waals surface area contributed by atoms with Crippen LogP contribution in [-0.4, -0.2) is 41.8 Å². The van der Waals surface area contributed by atoms with Crippen molar-refractivity contribution in [2.24, 2.45) is 0 Å². The molecule has 0 saturated heterocycles. The van der Waals surface area contributed by atoms with E-state index in [9.17, 15) is 16.8 Å². The summed E-state index contributed by atoms with van der Waals surface area (Å²) in [5.74, 6) is 0.454. The fraction of sp³-hybridized carbons (Fsp3) is 0.368. The van der Waals surface area contributed by atoms with Gasteiger partial charge in [0.15, 0.2) is 0 Å². The fourth-order valence-corrected chi connectivity index (χ4v) is 4.59. The third-order valence-electron chi connectivity index (χ3n) is 4.11. The van der Waals surface area contributed by atoms with Gasteiger partial charge in [-0.2, -0.15) is 0 Å². The van der Waals surface area contributed by atoms with Crippen LogP contribution in [0, 0.1) is 0 Å². The highest BCUT2D eigenvalue weighted by molar-refractivity contribution is 7.92. The molecule has 2 rings (SSSR count). The minimum absolute atomic E-state index is 0.0998. The third kappa shape index (κ3) is 4.84. The summed E-state index contributed by atoms with van der Waals surface area (Å²) in [6.07, 6.45) is 0. The van der Waals surface area contributed by atoms with Gasteiger partial charge in [0, 0.05) is 14.1 Å². The Hall–Kier alpha value is -2.10. The van der Waals surface area contributed by atoms with E-state index in [0.717, 1.165) is 9.87 Å². The van der Waals surface area contributed by atoms with Crippen LogP contribution in [0.1, 0.15) is 32.3 Å². The van der Waals surface area contributed by atoms with E-state index < -0.39 is 20.0 Å². The van der Waals surface area contributed by atoms with Crippen molar-refractivity contribution in [3.8, 4) is 5.75 Å². The van der Waals surface area contributed by atoms with Crippen LogP contribution in [0.5, 0.6) is 5.75 Å². The lowest BCUT2D eigenvalue weighted by molar-refractivity contribution is 0.330. The average molecular weight is 427 g/mol. The van der Waals surface area contributed by atoms with Crippen LogP contribution in [-0.2, 0) is 20.0 Å². The first-order valence-electron chi connectivity index (χ1n) is 8.81. The van der Waals surface area contributed by atoms with E-state index in [2.05, 4.69) is 4.72 Å². The summed E-state index contributed by atoms with van der Waals surface area (Å²) in [5.41, 5.74) is 1.16. The van der Waals surface area contributed by atoms with Crippen molar-refractivity contribution < 1.29 is 21.6 Å². The van der Waals surface area contributed by atoms with E-state index >= 15 is 0 Å². The summed E-state index contributed by atoms with van der Waals surface area (Å²) >= 11 is 0. The summed E-state index contributed by atoms with van der Waals surface area (Å²) in [4.78, 5) is -0.00231. The molecule has 2 aromatic carbocycles. The molecule has 0 spiro atoms. The molecular weight excluding hydrogens is 400 g/mol. The number of hydrogen-bond acceptors (Lipinski definition) is 5. The molecule has 0 saturated carbocycles. The monoisotopic (exact) mass is 426 g/mol. The van der Waals surface area contributed by atoms with Crippen molar-refractivity contribution in [3.63, 3.8) is 0 Å². The van der Waals surface area contributed by atoms with Crippen LogP contribution in [0.15, 0.2) is 52.3 Å². The molecule has 9 heteroatoms. The Bertz CT molecular complexity index is 1030. The standard InChI is InChI=1S/C19H26N2O5S2/c1-6-26-18-12-9-16(13-19(18)28(24,25)21(4)5)20-27(22,23)17-10-7-15(8-11-17)14(2)3/h7-14,20H,6H2,1-5H3. The van der Waals surface area contributed by atoms with Gasteiger partial charge >= 0.3 is 0 Å². The highest BCUT2D eigenvalue weighted by atomic mass is 32.2. The molecule has 1 N–H and O–H groups in total. The van der Waals surface area contributed by atoms with Crippen molar-refractivity contribution in [1.29, 1.82) is 0 Å². The van der Waals surface area contributed by atoms with E-state index in [-0.39, 0.29) is 33.8 Å². The molecule has 0 aliphatic carbocycles. The predicted octanol–water partition coefficient (Wildman–Crippen LogP) is 3.26. The highest BCUT2D eigenvalue weighted by Crippen LogP contribution is 2.30. The van der Waals surface area contributed by atoms with Gasteiger partial charge in [0.2, 0.25) is 10.0 Å². The first-order valence-corrected chi connectivity index (χ1v) is 11.7. The summed E-state index contributed by atoms with van der Waals surface area (Å²) in [7, 11) is -4.87. The number of benzene rings is 2. The molecule has 0 aromatic heterocycles. The quantitative estimate of drug-likeness (QED) is 0.699. The molecule has 7 nitrogen and oxygen atoms in total. The zero-order chi connectivity index (χ0) is 21.1. The normalized spacial score (nSPS) is 12.4. The molecule has 28 heavy (non-hydrogen) atoms. The smallest absolute Gasteiger partial charge is 0.261 e. The second-order valence-electron chi connectivity index (χ2n) is 6.71. The number of nitrogens with zero attached hydrogens (tertiary/aromatic N) is 1. The molecule has 0 aliphatic rings. The SMILES string of the molecule is CCOc1ccc(NS(=O)(=O)c2ccc(C(C)C)cc2)cc1S(=O)(=O)N(C)C. The Morgan fingerprint density at radius 1 is 1.00 bits per heavy atom. The average Bonchev–Trinajstić information content (AvgIpc) is 2.62. The van der Waals surface area contributed by atoms with Gasteiger partial charge in [-0.3, -0.25) is 4.72 Å². The topological polar surface area (TPSA) is 92.8 Å². The maximum atomic E-state index is 12.7. The number of nitrogens with one attached hydrogen (secondary N) is 1. The summed E-state index contributed by atoms with van der Waals surface area (Å²) in [6.45, 7) is 6.06. The Labute approximate surface area is 167 Å². The van der Waals surface area contributed by atoms with Crippen molar-refractivity contribution in [2.75, 3.05) is 25.4 Å². The Balaban J connectivity index is 2.42. The van der Waals surface area contributed by atoms with Crippen LogP contribution in [0.3, 0.4) is 0 Å². The van der Waals surface area contributed by atoms with E-state index in [1.807, 2.05) is 13.8 Å². The summed E-state index contributed by atoms with van der Waals surface area (Å²) in [5, 5.41) is 0. The molecule has 2 aromatic rings. The summed E-state index contributed by atoms with van der Waals surface area (Å²) < 4.78 is 59.4. The Morgan fingerprint density at radius 2 is 1.61 bits per heavy atom. The lowest BCUT2D eigenvalue weighted by Gasteiger charge is -2.17. The minimum atomic E-state index is -3.86. The number of ether oxygens (including phenoxy) is 1. The van der Waals surface area contributed by atoms with Gasteiger partial charge in [-0.1, -0.05) is 26.0 Å².